The normalized spacial score (nSPS) is 17.1. The Morgan fingerprint density at radius 3 is 1.01 bits per heavy atom. The zero-order valence-electron chi connectivity index (χ0n) is 53.2. The van der Waals surface area contributed by atoms with Crippen LogP contribution in [-0.4, -0.2) is 0 Å². The topological polar surface area (TPSA) is 15.3 Å². The van der Waals surface area contributed by atoms with Gasteiger partial charge >= 0.3 is 0 Å². The molecule has 8 aliphatic carbocycles. The molecular weight excluding hydrogens is 1210 g/mol. The molecule has 2 nitrogen and oxygen atoms in total. The Bertz CT molecular complexity index is 5600. The van der Waals surface area contributed by atoms with Crippen molar-refractivity contribution in [3.05, 3.63) is 375 Å². The van der Waals surface area contributed by atoms with Crippen molar-refractivity contribution in [1.29, 1.82) is 0 Å². The number of benzene rings is 14. The zero-order valence-corrected chi connectivity index (χ0v) is 54.8. The van der Waals surface area contributed by atoms with Crippen molar-refractivity contribution in [1.82, 2.24) is 0 Å². The smallest absolute Gasteiger partial charge is 0.0738 e. The van der Waals surface area contributed by atoms with Crippen LogP contribution in [-0.2, 0) is 21.7 Å². The molecule has 448 valence electrons. The Kier molecular flexibility index (Phi) is 11.3. The van der Waals surface area contributed by atoms with Crippen LogP contribution in [0.2, 0.25) is 0 Å². The molecule has 2 spiro atoms. The predicted molar refractivity (Wildman–Crippen MR) is 397 cm³/mol. The van der Waals surface area contributed by atoms with E-state index >= 15 is 0 Å². The highest BCUT2D eigenvalue weighted by molar-refractivity contribution is 9.10. The fourth-order valence-electron chi connectivity index (χ4n) is 18.9. The van der Waals surface area contributed by atoms with Crippen molar-refractivity contribution in [2.75, 3.05) is 10.2 Å². The van der Waals surface area contributed by atoms with Crippen LogP contribution in [0.15, 0.2) is 308 Å². The molecule has 95 heavy (non-hydrogen) atoms. The number of hydrogen-bond donors (Lipinski definition) is 1. The maximum Gasteiger partial charge on any atom is 0.0738 e. The summed E-state index contributed by atoms with van der Waals surface area (Å²) in [7, 11) is 0. The van der Waals surface area contributed by atoms with Crippen LogP contribution in [0.25, 0.3) is 89.0 Å². The lowest BCUT2D eigenvalue weighted by Gasteiger charge is -2.31. The minimum Gasteiger partial charge on any atom is -0.356 e. The predicted octanol–water partition coefficient (Wildman–Crippen LogP) is 24.3. The highest BCUT2D eigenvalue weighted by Gasteiger charge is 2.59. The lowest BCUT2D eigenvalue weighted by atomic mass is 9.73. The number of nitrogens with zero attached hydrogens (tertiary/aromatic N) is 1. The molecule has 0 aromatic heterocycles. The van der Waals surface area contributed by atoms with Crippen molar-refractivity contribution in [3.8, 4) is 89.0 Å². The van der Waals surface area contributed by atoms with E-state index < -0.39 is 0 Å². The summed E-state index contributed by atoms with van der Waals surface area (Å²) < 4.78 is 1.15. The van der Waals surface area contributed by atoms with E-state index in [1.165, 1.54) is 167 Å². The summed E-state index contributed by atoms with van der Waals surface area (Å²) in [6, 6.07) is 112. The first kappa shape index (κ1) is 54.7. The number of nitrogens with one attached hydrogen (secondary N) is 1. The second-order valence-corrected chi connectivity index (χ2v) is 28.8. The molecule has 0 fully saturated rings. The summed E-state index contributed by atoms with van der Waals surface area (Å²) in [4.78, 5) is 2.46. The Labute approximate surface area is 563 Å². The standard InChI is InChI=1S/C46H31N.C25H13Br.C21H19N/c1-45(2)39-20-8-6-14-31(39)33-24-22-29(26-41(33)45)47(28-12-4-3-5-13-28)30-23-25-34-36-17-11-19-38-37-18-10-16-35-32-15-7-9-21-40(32)46(43(35)37,44(36)38)42(34)27-30;26-14-11-12-16-18-7-4-9-20-19-8-3-6-17-15-5-1-2-10-21(15)25(23(17)19,24(18)20)22(16)13-14;1-21(2)19-11-7-6-10-17(19)18-13-12-16(14-20(18)21)22-15-8-4-3-5-9-15/h3-27H,1-2H3;1-13H;3-14,22H,1-2H3. The van der Waals surface area contributed by atoms with Gasteiger partial charge in [-0.2, -0.15) is 0 Å². The van der Waals surface area contributed by atoms with Gasteiger partial charge in [0.05, 0.1) is 10.8 Å². The van der Waals surface area contributed by atoms with Crippen LogP contribution in [0.5, 0.6) is 0 Å². The summed E-state index contributed by atoms with van der Waals surface area (Å²) in [6.07, 6.45) is 0. The summed E-state index contributed by atoms with van der Waals surface area (Å²) in [5.41, 5.74) is 44.5. The Hall–Kier alpha value is -10.8. The van der Waals surface area contributed by atoms with E-state index in [1.807, 2.05) is 6.07 Å². The minimum absolute atomic E-state index is 0.0559. The van der Waals surface area contributed by atoms with Gasteiger partial charge in [-0.25, -0.2) is 0 Å². The molecule has 0 aliphatic heterocycles. The van der Waals surface area contributed by atoms with E-state index in [0.29, 0.717) is 0 Å². The second kappa shape index (κ2) is 19.6. The van der Waals surface area contributed by atoms with Crippen LogP contribution in [0.3, 0.4) is 0 Å². The first-order valence-electron chi connectivity index (χ1n) is 33.4. The number of rotatable bonds is 5. The van der Waals surface area contributed by atoms with E-state index in [1.54, 1.807) is 0 Å². The van der Waals surface area contributed by atoms with Gasteiger partial charge in [-0.05, 0) is 229 Å². The van der Waals surface area contributed by atoms with E-state index in [0.717, 1.165) is 21.5 Å². The summed E-state index contributed by atoms with van der Waals surface area (Å²) >= 11 is 3.73. The van der Waals surface area contributed by atoms with Gasteiger partial charge in [0, 0.05) is 43.7 Å². The third-order valence-corrected chi connectivity index (χ3v) is 23.2. The van der Waals surface area contributed by atoms with E-state index in [2.05, 4.69) is 351 Å². The molecule has 22 rings (SSSR count). The third-order valence-electron chi connectivity index (χ3n) is 22.7. The summed E-state index contributed by atoms with van der Waals surface area (Å²) in [5.74, 6) is 0. The molecule has 0 saturated carbocycles. The van der Waals surface area contributed by atoms with Gasteiger partial charge in [0.15, 0.2) is 0 Å². The lowest BCUT2D eigenvalue weighted by Crippen LogP contribution is -2.23. The summed E-state index contributed by atoms with van der Waals surface area (Å²) in [6.45, 7) is 9.35. The fraction of sp³-hybridized carbons (Fsp3) is 0.0870. The lowest BCUT2D eigenvalue weighted by molar-refractivity contribution is 0.660. The summed E-state index contributed by atoms with van der Waals surface area (Å²) in [5, 5.41) is 3.50. The van der Waals surface area contributed by atoms with Crippen LogP contribution >= 0.6 is 15.9 Å². The largest absolute Gasteiger partial charge is 0.356 e. The van der Waals surface area contributed by atoms with Crippen LogP contribution in [0, 0.1) is 0 Å². The van der Waals surface area contributed by atoms with Gasteiger partial charge in [-0.3, -0.25) is 0 Å². The Morgan fingerprint density at radius 1 is 0.232 bits per heavy atom. The maximum absolute atomic E-state index is 3.73. The molecule has 14 aromatic carbocycles. The van der Waals surface area contributed by atoms with Crippen LogP contribution < -0.4 is 10.2 Å². The number of halogens is 1. The SMILES string of the molecule is Brc1ccc2c(c1)C13c4ccccc4-c4cccc(c41)-c1cccc-2c13.CC1(C)c2ccccc2-c2ccc(N(c3ccccc3)c3ccc4c(c3)C35c6ccccc6-c6cccc(c63)-c3cccc-4c35)cc21.CC1(C)c2ccccc2-c2ccc(Nc3ccccc3)cc21. The van der Waals surface area contributed by atoms with E-state index in [4.69, 9.17) is 0 Å². The minimum atomic E-state index is -0.302. The quantitative estimate of drug-likeness (QED) is 0.185. The molecule has 0 amide bonds. The molecule has 0 bridgehead atoms. The fourth-order valence-corrected chi connectivity index (χ4v) is 19.3. The molecule has 0 saturated heterocycles. The van der Waals surface area contributed by atoms with E-state index in [9.17, 15) is 0 Å². The van der Waals surface area contributed by atoms with Crippen molar-refractivity contribution < 1.29 is 0 Å². The van der Waals surface area contributed by atoms with Gasteiger partial charge in [-0.1, -0.05) is 274 Å². The highest BCUT2D eigenvalue weighted by atomic mass is 79.9. The molecule has 2 atom stereocenters. The molecule has 2 unspecified atom stereocenters. The number of fused-ring (bicyclic) bond motifs is 16. The van der Waals surface area contributed by atoms with Crippen molar-refractivity contribution in [2.45, 2.75) is 49.4 Å². The number of para-hydroxylation sites is 2. The van der Waals surface area contributed by atoms with Gasteiger partial charge in [0.25, 0.3) is 0 Å². The average Bonchev–Trinajstić information content (AvgIpc) is 1.47. The van der Waals surface area contributed by atoms with Crippen LogP contribution in [0.1, 0.15) is 94.5 Å². The molecule has 8 aliphatic rings. The first-order chi connectivity index (χ1) is 46.6. The molecule has 0 heterocycles. The second-order valence-electron chi connectivity index (χ2n) is 27.9. The molecular formula is C92H63BrN2. The monoisotopic (exact) mass is 1270 g/mol. The number of hydrogen-bond acceptors (Lipinski definition) is 2. The average molecular weight is 1280 g/mol. The van der Waals surface area contributed by atoms with Crippen LogP contribution in [0.4, 0.5) is 28.4 Å². The van der Waals surface area contributed by atoms with Crippen molar-refractivity contribution >= 4 is 44.4 Å². The van der Waals surface area contributed by atoms with Gasteiger partial charge in [0.1, 0.15) is 0 Å². The number of anilines is 5. The first-order valence-corrected chi connectivity index (χ1v) is 34.2. The van der Waals surface area contributed by atoms with E-state index in [-0.39, 0.29) is 21.7 Å². The van der Waals surface area contributed by atoms with Crippen molar-refractivity contribution in [2.24, 2.45) is 0 Å². The van der Waals surface area contributed by atoms with Gasteiger partial charge in [-0.15, -0.1) is 0 Å². The molecule has 14 aromatic rings. The van der Waals surface area contributed by atoms with Gasteiger partial charge in [0.2, 0.25) is 0 Å². The van der Waals surface area contributed by atoms with Crippen molar-refractivity contribution in [3.63, 3.8) is 0 Å². The Morgan fingerprint density at radius 2 is 0.547 bits per heavy atom. The maximum atomic E-state index is 3.73. The molecule has 3 heteroatoms. The highest BCUT2D eigenvalue weighted by Crippen LogP contribution is 2.72. The van der Waals surface area contributed by atoms with Gasteiger partial charge < -0.3 is 10.2 Å². The zero-order chi connectivity index (χ0) is 63.3. The third kappa shape index (κ3) is 7.13. The molecule has 1 N–H and O–H groups in total. The Balaban J connectivity index is 0.000000108. The molecule has 0 radical (unpaired) electrons.